The second-order valence-electron chi connectivity index (χ2n) is 5.90. The number of hydrogen-bond acceptors (Lipinski definition) is 3. The Morgan fingerprint density at radius 2 is 2.12 bits per heavy atom. The first-order chi connectivity index (χ1) is 11.5. The zero-order chi connectivity index (χ0) is 17.3. The van der Waals surface area contributed by atoms with Crippen LogP contribution in [-0.2, 0) is 17.8 Å². The van der Waals surface area contributed by atoms with Crippen molar-refractivity contribution < 1.29 is 4.79 Å². The highest BCUT2D eigenvalue weighted by Gasteiger charge is 2.12. The number of rotatable bonds is 4. The van der Waals surface area contributed by atoms with Crippen molar-refractivity contribution in [2.24, 2.45) is 0 Å². The summed E-state index contributed by atoms with van der Waals surface area (Å²) in [6, 6.07) is 7.66. The molecule has 2 N–H and O–H groups in total. The molecule has 2 heterocycles. The van der Waals surface area contributed by atoms with Crippen molar-refractivity contribution in [3.8, 4) is 0 Å². The molecule has 0 saturated carbocycles. The number of nitrogens with zero attached hydrogens (tertiary/aromatic N) is 2. The first-order valence-corrected chi connectivity index (χ1v) is 7.92. The SMILES string of the molecule is CCc1cccc(C)c1NC(=O)Cn1cnc2[nH]c(C)cc2c1=O. The van der Waals surface area contributed by atoms with Gasteiger partial charge in [-0.25, -0.2) is 4.98 Å². The Hall–Kier alpha value is -2.89. The summed E-state index contributed by atoms with van der Waals surface area (Å²) >= 11 is 0. The monoisotopic (exact) mass is 324 g/mol. The number of aromatic nitrogens is 3. The minimum Gasteiger partial charge on any atom is -0.343 e. The molecule has 0 aliphatic rings. The number of carbonyl (C=O) groups is 1. The van der Waals surface area contributed by atoms with Crippen LogP contribution in [0.3, 0.4) is 0 Å². The third-order valence-electron chi connectivity index (χ3n) is 4.07. The van der Waals surface area contributed by atoms with Gasteiger partial charge in [0.25, 0.3) is 5.56 Å². The minimum absolute atomic E-state index is 0.0660. The number of anilines is 1. The highest BCUT2D eigenvalue weighted by Crippen LogP contribution is 2.21. The van der Waals surface area contributed by atoms with Gasteiger partial charge in [0.2, 0.25) is 5.91 Å². The van der Waals surface area contributed by atoms with E-state index in [1.165, 1.54) is 10.9 Å². The molecule has 0 bridgehead atoms. The van der Waals surface area contributed by atoms with Crippen LogP contribution in [0.15, 0.2) is 35.4 Å². The van der Waals surface area contributed by atoms with Gasteiger partial charge < -0.3 is 10.3 Å². The van der Waals surface area contributed by atoms with E-state index in [9.17, 15) is 9.59 Å². The van der Waals surface area contributed by atoms with Gasteiger partial charge in [-0.05, 0) is 37.5 Å². The predicted octanol–water partition coefficient (Wildman–Crippen LogP) is 2.54. The predicted molar refractivity (Wildman–Crippen MR) is 94.3 cm³/mol. The zero-order valence-electron chi connectivity index (χ0n) is 14.0. The Morgan fingerprint density at radius 3 is 2.88 bits per heavy atom. The van der Waals surface area contributed by atoms with Crippen LogP contribution in [0.1, 0.15) is 23.7 Å². The van der Waals surface area contributed by atoms with Gasteiger partial charge in [-0.1, -0.05) is 25.1 Å². The standard InChI is InChI=1S/C18H20N4O2/c1-4-13-7-5-6-11(2)16(13)21-15(23)9-22-10-19-17-14(18(22)24)8-12(3)20-17/h5-8,10,20H,4,9H2,1-3H3,(H,21,23). The lowest BCUT2D eigenvalue weighted by Gasteiger charge is -2.13. The van der Waals surface area contributed by atoms with Gasteiger partial charge in [-0.15, -0.1) is 0 Å². The van der Waals surface area contributed by atoms with E-state index in [1.807, 2.05) is 39.0 Å². The third kappa shape index (κ3) is 2.95. The summed E-state index contributed by atoms with van der Waals surface area (Å²) in [5, 5.41) is 3.42. The summed E-state index contributed by atoms with van der Waals surface area (Å²) < 4.78 is 1.33. The fourth-order valence-corrected chi connectivity index (χ4v) is 2.82. The van der Waals surface area contributed by atoms with Gasteiger partial charge in [0.05, 0.1) is 5.39 Å². The van der Waals surface area contributed by atoms with Crippen molar-refractivity contribution >= 4 is 22.6 Å². The fourth-order valence-electron chi connectivity index (χ4n) is 2.82. The first kappa shape index (κ1) is 16.0. The van der Waals surface area contributed by atoms with Crippen LogP contribution < -0.4 is 10.9 Å². The van der Waals surface area contributed by atoms with Crippen molar-refractivity contribution in [2.75, 3.05) is 5.32 Å². The number of amides is 1. The van der Waals surface area contributed by atoms with Crippen LogP contribution >= 0.6 is 0 Å². The molecule has 2 aromatic heterocycles. The summed E-state index contributed by atoms with van der Waals surface area (Å²) in [7, 11) is 0. The molecule has 0 atom stereocenters. The Bertz CT molecular complexity index is 969. The van der Waals surface area contributed by atoms with E-state index in [0.29, 0.717) is 11.0 Å². The van der Waals surface area contributed by atoms with Crippen molar-refractivity contribution in [3.05, 3.63) is 57.8 Å². The Labute approximate surface area is 139 Å². The van der Waals surface area contributed by atoms with E-state index in [4.69, 9.17) is 0 Å². The molecule has 6 nitrogen and oxygen atoms in total. The molecule has 3 aromatic rings. The van der Waals surface area contributed by atoms with Gasteiger partial charge in [0.15, 0.2) is 0 Å². The smallest absolute Gasteiger partial charge is 0.263 e. The molecule has 1 amide bonds. The Morgan fingerprint density at radius 1 is 1.33 bits per heavy atom. The van der Waals surface area contributed by atoms with Crippen LogP contribution in [-0.4, -0.2) is 20.4 Å². The van der Waals surface area contributed by atoms with Gasteiger partial charge >= 0.3 is 0 Å². The average molecular weight is 324 g/mol. The molecule has 0 radical (unpaired) electrons. The largest absolute Gasteiger partial charge is 0.343 e. The highest BCUT2D eigenvalue weighted by atomic mass is 16.2. The summed E-state index contributed by atoms with van der Waals surface area (Å²) in [4.78, 5) is 32.1. The molecule has 0 spiro atoms. The molecule has 0 unspecified atom stereocenters. The molecule has 6 heteroatoms. The fraction of sp³-hybridized carbons (Fsp3) is 0.278. The van der Waals surface area contributed by atoms with E-state index >= 15 is 0 Å². The van der Waals surface area contributed by atoms with Gasteiger partial charge in [0.1, 0.15) is 18.5 Å². The lowest BCUT2D eigenvalue weighted by molar-refractivity contribution is -0.116. The van der Waals surface area contributed by atoms with Crippen LogP contribution in [0.5, 0.6) is 0 Å². The minimum atomic E-state index is -0.241. The number of fused-ring (bicyclic) bond motifs is 1. The topological polar surface area (TPSA) is 79.8 Å². The van der Waals surface area contributed by atoms with E-state index in [0.717, 1.165) is 28.9 Å². The molecule has 0 fully saturated rings. The Kier molecular flexibility index (Phi) is 4.20. The number of benzene rings is 1. The van der Waals surface area contributed by atoms with Crippen molar-refractivity contribution in [3.63, 3.8) is 0 Å². The molecule has 24 heavy (non-hydrogen) atoms. The summed E-state index contributed by atoms with van der Waals surface area (Å²) in [5.74, 6) is -0.241. The van der Waals surface area contributed by atoms with Crippen LogP contribution in [0.4, 0.5) is 5.69 Å². The van der Waals surface area contributed by atoms with Gasteiger partial charge in [0, 0.05) is 11.4 Å². The molecular weight excluding hydrogens is 304 g/mol. The van der Waals surface area contributed by atoms with Gasteiger partial charge in [-0.2, -0.15) is 0 Å². The molecule has 0 aliphatic carbocycles. The molecule has 0 aliphatic heterocycles. The summed E-state index contributed by atoms with van der Waals surface area (Å²) in [6.07, 6.45) is 2.23. The number of carbonyl (C=O) groups excluding carboxylic acids is 1. The second-order valence-corrected chi connectivity index (χ2v) is 5.90. The Balaban J connectivity index is 1.86. The number of H-pyrrole nitrogens is 1. The number of aromatic amines is 1. The highest BCUT2D eigenvalue weighted by molar-refractivity contribution is 5.92. The molecular formula is C18H20N4O2. The van der Waals surface area contributed by atoms with E-state index in [1.54, 1.807) is 6.07 Å². The summed E-state index contributed by atoms with van der Waals surface area (Å²) in [6.45, 7) is 5.80. The number of aryl methyl sites for hydroxylation is 3. The molecule has 3 rings (SSSR count). The average Bonchev–Trinajstić information content (AvgIpc) is 2.93. The summed E-state index contributed by atoms with van der Waals surface area (Å²) in [5.41, 5.74) is 4.09. The lowest BCUT2D eigenvalue weighted by Crippen LogP contribution is -2.28. The van der Waals surface area contributed by atoms with E-state index < -0.39 is 0 Å². The maximum absolute atomic E-state index is 12.4. The first-order valence-electron chi connectivity index (χ1n) is 7.92. The zero-order valence-corrected chi connectivity index (χ0v) is 14.0. The molecule has 1 aromatic carbocycles. The van der Waals surface area contributed by atoms with Crippen LogP contribution in [0.25, 0.3) is 11.0 Å². The quantitative estimate of drug-likeness (QED) is 0.774. The van der Waals surface area contributed by atoms with Crippen LogP contribution in [0.2, 0.25) is 0 Å². The molecule has 124 valence electrons. The normalized spacial score (nSPS) is 11.0. The number of hydrogen-bond donors (Lipinski definition) is 2. The van der Waals surface area contributed by atoms with Crippen LogP contribution in [0, 0.1) is 13.8 Å². The third-order valence-corrected chi connectivity index (χ3v) is 4.07. The van der Waals surface area contributed by atoms with E-state index in [-0.39, 0.29) is 18.0 Å². The number of nitrogens with one attached hydrogen (secondary N) is 2. The van der Waals surface area contributed by atoms with Crippen molar-refractivity contribution in [1.82, 2.24) is 14.5 Å². The molecule has 0 saturated heterocycles. The maximum atomic E-state index is 12.4. The number of para-hydroxylation sites is 1. The van der Waals surface area contributed by atoms with Gasteiger partial charge in [-0.3, -0.25) is 14.2 Å². The van der Waals surface area contributed by atoms with Crippen molar-refractivity contribution in [1.29, 1.82) is 0 Å². The maximum Gasteiger partial charge on any atom is 0.263 e. The van der Waals surface area contributed by atoms with E-state index in [2.05, 4.69) is 15.3 Å². The second kappa shape index (κ2) is 6.31. The van der Waals surface area contributed by atoms with Crippen molar-refractivity contribution in [2.45, 2.75) is 33.7 Å². The lowest BCUT2D eigenvalue weighted by atomic mass is 10.1.